The quantitative estimate of drug-likeness (QED) is 0.199. The summed E-state index contributed by atoms with van der Waals surface area (Å²) in [6.07, 6.45) is 14.3. The zero-order valence-corrected chi connectivity index (χ0v) is 23.5. The SMILES string of the molecule is OCC1CCCCC1CCCCOc1ccc(CC2CC(=Cc3ccc(F)cc3)CCc3cc(O)ccc32)cc1. The summed E-state index contributed by atoms with van der Waals surface area (Å²) in [4.78, 5) is 0. The Bertz CT molecular complexity index is 1250. The summed E-state index contributed by atoms with van der Waals surface area (Å²) in [5, 5.41) is 19.8. The second-order valence-corrected chi connectivity index (χ2v) is 11.8. The highest BCUT2D eigenvalue weighted by molar-refractivity contribution is 5.54. The van der Waals surface area contributed by atoms with Gasteiger partial charge in [-0.2, -0.15) is 0 Å². The van der Waals surface area contributed by atoms with Crippen molar-refractivity contribution in [1.82, 2.24) is 0 Å². The van der Waals surface area contributed by atoms with Gasteiger partial charge in [0, 0.05) is 6.61 Å². The highest BCUT2D eigenvalue weighted by Gasteiger charge is 2.24. The predicted molar refractivity (Wildman–Crippen MR) is 160 cm³/mol. The highest BCUT2D eigenvalue weighted by Crippen LogP contribution is 2.38. The number of hydrogen-bond donors (Lipinski definition) is 2. The van der Waals surface area contributed by atoms with Crippen molar-refractivity contribution in [3.05, 3.63) is 100 Å². The van der Waals surface area contributed by atoms with Crippen molar-refractivity contribution in [2.24, 2.45) is 11.8 Å². The Morgan fingerprint density at radius 1 is 0.875 bits per heavy atom. The first-order valence-corrected chi connectivity index (χ1v) is 15.2. The molecule has 0 aromatic heterocycles. The molecule has 2 aliphatic rings. The van der Waals surface area contributed by atoms with E-state index < -0.39 is 0 Å². The van der Waals surface area contributed by atoms with Gasteiger partial charge in [-0.05, 0) is 128 Å². The average Bonchev–Trinajstić information content (AvgIpc) is 3.13. The topological polar surface area (TPSA) is 49.7 Å². The number of fused-ring (bicyclic) bond motifs is 1. The van der Waals surface area contributed by atoms with Gasteiger partial charge in [0.1, 0.15) is 17.3 Å². The van der Waals surface area contributed by atoms with Crippen LogP contribution in [0.4, 0.5) is 4.39 Å². The lowest BCUT2D eigenvalue weighted by molar-refractivity contribution is 0.126. The van der Waals surface area contributed by atoms with Crippen LogP contribution in [0.2, 0.25) is 0 Å². The van der Waals surface area contributed by atoms with Crippen molar-refractivity contribution >= 4 is 6.08 Å². The Labute approximate surface area is 238 Å². The van der Waals surface area contributed by atoms with Gasteiger partial charge in [-0.3, -0.25) is 0 Å². The van der Waals surface area contributed by atoms with Crippen LogP contribution in [0.3, 0.4) is 0 Å². The molecule has 3 unspecified atom stereocenters. The van der Waals surface area contributed by atoms with Gasteiger partial charge in [-0.1, -0.05) is 61.2 Å². The molecule has 4 heteroatoms. The Hall–Kier alpha value is -3.11. The number of aromatic hydroxyl groups is 1. The molecule has 3 atom stereocenters. The molecule has 0 amide bonds. The number of aliphatic hydroxyl groups is 1. The van der Waals surface area contributed by atoms with E-state index in [1.54, 1.807) is 6.07 Å². The minimum absolute atomic E-state index is 0.216. The second kappa shape index (κ2) is 14.0. The fourth-order valence-corrected chi connectivity index (χ4v) is 6.75. The summed E-state index contributed by atoms with van der Waals surface area (Å²) in [5.74, 6) is 2.51. The minimum atomic E-state index is -0.216. The first-order valence-electron chi connectivity index (χ1n) is 15.2. The summed E-state index contributed by atoms with van der Waals surface area (Å²) < 4.78 is 19.5. The van der Waals surface area contributed by atoms with Crippen molar-refractivity contribution in [1.29, 1.82) is 0 Å². The Morgan fingerprint density at radius 2 is 1.65 bits per heavy atom. The van der Waals surface area contributed by atoms with E-state index in [9.17, 15) is 14.6 Å². The van der Waals surface area contributed by atoms with Gasteiger partial charge < -0.3 is 14.9 Å². The van der Waals surface area contributed by atoms with Crippen molar-refractivity contribution in [3.63, 3.8) is 0 Å². The summed E-state index contributed by atoms with van der Waals surface area (Å²) in [6.45, 7) is 1.07. The van der Waals surface area contributed by atoms with Gasteiger partial charge in [-0.15, -0.1) is 0 Å². The van der Waals surface area contributed by atoms with E-state index in [4.69, 9.17) is 4.74 Å². The van der Waals surface area contributed by atoms with Crippen LogP contribution in [0.25, 0.3) is 6.08 Å². The van der Waals surface area contributed by atoms with E-state index in [-0.39, 0.29) is 5.82 Å². The standard InChI is InChI=1S/C36H43FO3/c37-33-14-9-26(10-15-33)21-28-8-13-30-24-34(39)16-19-36(30)32(23-28)22-27-11-17-35(18-12-27)40-20-4-3-6-29-5-1-2-7-31(29)25-38/h9-12,14-19,21,24,29,31-32,38-39H,1-8,13,20,22-23,25H2. The van der Waals surface area contributed by atoms with Crippen LogP contribution in [0.1, 0.15) is 86.0 Å². The largest absolute Gasteiger partial charge is 0.508 e. The molecule has 0 bridgehead atoms. The number of allylic oxidation sites excluding steroid dienone is 1. The van der Waals surface area contributed by atoms with Gasteiger partial charge in [-0.25, -0.2) is 4.39 Å². The Balaban J connectivity index is 1.18. The molecular weight excluding hydrogens is 499 g/mol. The maximum atomic E-state index is 13.4. The number of halogens is 1. The van der Waals surface area contributed by atoms with E-state index in [1.807, 2.05) is 18.2 Å². The molecule has 0 spiro atoms. The van der Waals surface area contributed by atoms with Gasteiger partial charge >= 0.3 is 0 Å². The van der Waals surface area contributed by atoms with E-state index >= 15 is 0 Å². The van der Waals surface area contributed by atoms with Crippen LogP contribution in [0.5, 0.6) is 11.5 Å². The molecule has 1 saturated carbocycles. The molecule has 0 saturated heterocycles. The first kappa shape index (κ1) is 28.4. The molecule has 3 aromatic rings. The van der Waals surface area contributed by atoms with Crippen molar-refractivity contribution in [3.8, 4) is 11.5 Å². The van der Waals surface area contributed by atoms with Crippen LogP contribution >= 0.6 is 0 Å². The lowest BCUT2D eigenvalue weighted by Crippen LogP contribution is -2.22. The molecule has 3 nitrogen and oxygen atoms in total. The van der Waals surface area contributed by atoms with Crippen molar-refractivity contribution < 1.29 is 19.3 Å². The van der Waals surface area contributed by atoms with Gasteiger partial charge in [0.25, 0.3) is 0 Å². The zero-order valence-electron chi connectivity index (χ0n) is 23.5. The van der Waals surface area contributed by atoms with Gasteiger partial charge in [0.2, 0.25) is 0 Å². The maximum absolute atomic E-state index is 13.4. The monoisotopic (exact) mass is 542 g/mol. The third-order valence-electron chi connectivity index (χ3n) is 8.98. The molecule has 3 aromatic carbocycles. The number of unbranched alkanes of at least 4 members (excludes halogenated alkanes) is 1. The number of rotatable bonds is 10. The molecule has 2 aliphatic carbocycles. The molecular formula is C36H43FO3. The molecule has 0 radical (unpaired) electrons. The molecule has 2 N–H and O–H groups in total. The highest BCUT2D eigenvalue weighted by atomic mass is 19.1. The molecule has 1 fully saturated rings. The van der Waals surface area contributed by atoms with Crippen LogP contribution < -0.4 is 4.74 Å². The number of phenolic OH excluding ortho intramolecular Hbond substituents is 1. The zero-order chi connectivity index (χ0) is 27.7. The predicted octanol–water partition coefficient (Wildman–Crippen LogP) is 8.63. The lowest BCUT2D eigenvalue weighted by Gasteiger charge is -2.30. The maximum Gasteiger partial charge on any atom is 0.123 e. The van der Waals surface area contributed by atoms with Crippen LogP contribution in [-0.2, 0) is 12.8 Å². The number of aryl methyl sites for hydroxylation is 1. The van der Waals surface area contributed by atoms with E-state index in [0.29, 0.717) is 30.1 Å². The molecule has 40 heavy (non-hydrogen) atoms. The number of ether oxygens (including phenoxy) is 1. The van der Waals surface area contributed by atoms with Crippen LogP contribution in [-0.4, -0.2) is 23.4 Å². The fourth-order valence-electron chi connectivity index (χ4n) is 6.75. The van der Waals surface area contributed by atoms with E-state index in [2.05, 4.69) is 36.4 Å². The van der Waals surface area contributed by atoms with Crippen LogP contribution in [0, 0.1) is 17.7 Å². The number of phenols is 1. The van der Waals surface area contributed by atoms with E-state index in [1.165, 1.54) is 66.5 Å². The second-order valence-electron chi connectivity index (χ2n) is 11.8. The Morgan fingerprint density at radius 3 is 2.42 bits per heavy atom. The molecule has 0 heterocycles. The number of hydrogen-bond acceptors (Lipinski definition) is 3. The van der Waals surface area contributed by atoms with Gasteiger partial charge in [0.05, 0.1) is 6.61 Å². The number of benzene rings is 3. The third kappa shape index (κ3) is 7.75. The lowest BCUT2D eigenvalue weighted by atomic mass is 9.77. The summed E-state index contributed by atoms with van der Waals surface area (Å²) in [5.41, 5.74) is 6.17. The smallest absolute Gasteiger partial charge is 0.123 e. The minimum Gasteiger partial charge on any atom is -0.508 e. The summed E-state index contributed by atoms with van der Waals surface area (Å²) >= 11 is 0. The summed E-state index contributed by atoms with van der Waals surface area (Å²) in [6, 6.07) is 21.0. The fraction of sp³-hybridized carbons (Fsp3) is 0.444. The van der Waals surface area contributed by atoms with Gasteiger partial charge in [0.15, 0.2) is 0 Å². The van der Waals surface area contributed by atoms with E-state index in [0.717, 1.165) is 56.4 Å². The van der Waals surface area contributed by atoms with Crippen LogP contribution in [0.15, 0.2) is 72.3 Å². The first-order chi connectivity index (χ1) is 19.6. The molecule has 0 aliphatic heterocycles. The van der Waals surface area contributed by atoms with Crippen molar-refractivity contribution in [2.75, 3.05) is 13.2 Å². The third-order valence-corrected chi connectivity index (χ3v) is 8.98. The normalized spacial score (nSPS) is 22.1. The number of aliphatic hydroxyl groups excluding tert-OH is 1. The molecule has 5 rings (SSSR count). The van der Waals surface area contributed by atoms with Crippen molar-refractivity contribution in [2.45, 2.75) is 76.5 Å². The Kier molecular flexibility index (Phi) is 9.94. The molecule has 212 valence electrons. The average molecular weight is 543 g/mol. The summed E-state index contributed by atoms with van der Waals surface area (Å²) in [7, 11) is 0.